The summed E-state index contributed by atoms with van der Waals surface area (Å²) >= 11 is 6.69. The normalized spacial score (nSPS) is 10.5. The van der Waals surface area contributed by atoms with Gasteiger partial charge in [-0.15, -0.1) is 10.2 Å². The first-order valence-electron chi connectivity index (χ1n) is 4.77. The van der Waals surface area contributed by atoms with Crippen LogP contribution in [0.1, 0.15) is 16.2 Å². The Kier molecular flexibility index (Phi) is 3.68. The second kappa shape index (κ2) is 5.05. The molecule has 0 fully saturated rings. The standard InChI is InChI=1S/C10H8Br2N4O/c1-16-14-10(13-15-16)5-9(17)7-3-2-6(11)4-8(7)12/h2-4H,5H2,1H3. The number of ketones is 1. The molecule has 0 aliphatic rings. The molecule has 0 unspecified atom stereocenters. The highest BCUT2D eigenvalue weighted by Gasteiger charge is 2.13. The fraction of sp³-hybridized carbons (Fsp3) is 0.200. The topological polar surface area (TPSA) is 60.7 Å². The highest BCUT2D eigenvalue weighted by Crippen LogP contribution is 2.22. The van der Waals surface area contributed by atoms with Gasteiger partial charge in [0.05, 0.1) is 13.5 Å². The summed E-state index contributed by atoms with van der Waals surface area (Å²) in [4.78, 5) is 13.3. The van der Waals surface area contributed by atoms with Crippen LogP contribution < -0.4 is 0 Å². The molecule has 0 saturated heterocycles. The van der Waals surface area contributed by atoms with E-state index in [1.54, 1.807) is 13.1 Å². The minimum Gasteiger partial charge on any atom is -0.294 e. The predicted molar refractivity (Wildman–Crippen MR) is 68.7 cm³/mol. The second-order valence-electron chi connectivity index (χ2n) is 3.42. The van der Waals surface area contributed by atoms with Crippen LogP contribution in [0.5, 0.6) is 0 Å². The molecule has 0 bridgehead atoms. The van der Waals surface area contributed by atoms with Crippen molar-refractivity contribution < 1.29 is 4.79 Å². The maximum atomic E-state index is 12.0. The Labute approximate surface area is 114 Å². The molecular weight excluding hydrogens is 352 g/mol. The van der Waals surface area contributed by atoms with E-state index in [2.05, 4.69) is 47.3 Å². The quantitative estimate of drug-likeness (QED) is 0.788. The van der Waals surface area contributed by atoms with Crippen LogP contribution in [-0.2, 0) is 13.5 Å². The van der Waals surface area contributed by atoms with Crippen molar-refractivity contribution >= 4 is 37.6 Å². The summed E-state index contributed by atoms with van der Waals surface area (Å²) in [5.41, 5.74) is 0.612. The highest BCUT2D eigenvalue weighted by atomic mass is 79.9. The van der Waals surface area contributed by atoms with Gasteiger partial charge in [0, 0.05) is 14.5 Å². The van der Waals surface area contributed by atoms with Crippen LogP contribution in [0.3, 0.4) is 0 Å². The van der Waals surface area contributed by atoms with Gasteiger partial charge in [0.2, 0.25) is 0 Å². The van der Waals surface area contributed by atoms with E-state index in [-0.39, 0.29) is 12.2 Å². The minimum atomic E-state index is -0.0441. The van der Waals surface area contributed by atoms with E-state index in [1.165, 1.54) is 4.80 Å². The Morgan fingerprint density at radius 3 is 2.76 bits per heavy atom. The number of benzene rings is 1. The monoisotopic (exact) mass is 358 g/mol. The van der Waals surface area contributed by atoms with E-state index in [4.69, 9.17) is 0 Å². The molecule has 1 heterocycles. The number of Topliss-reactive ketones (excluding diaryl/α,β-unsaturated/α-hetero) is 1. The van der Waals surface area contributed by atoms with E-state index in [0.29, 0.717) is 11.4 Å². The van der Waals surface area contributed by atoms with Gasteiger partial charge in [-0.2, -0.15) is 4.80 Å². The molecule has 0 aliphatic heterocycles. The van der Waals surface area contributed by atoms with Crippen LogP contribution in [0.25, 0.3) is 0 Å². The highest BCUT2D eigenvalue weighted by molar-refractivity contribution is 9.11. The number of rotatable bonds is 3. The van der Waals surface area contributed by atoms with Crippen molar-refractivity contribution in [1.29, 1.82) is 0 Å². The number of hydrogen-bond acceptors (Lipinski definition) is 4. The van der Waals surface area contributed by atoms with E-state index in [1.807, 2.05) is 12.1 Å². The largest absolute Gasteiger partial charge is 0.294 e. The molecule has 2 rings (SSSR count). The van der Waals surface area contributed by atoms with Gasteiger partial charge >= 0.3 is 0 Å². The van der Waals surface area contributed by atoms with Crippen molar-refractivity contribution in [2.24, 2.45) is 7.05 Å². The lowest BCUT2D eigenvalue weighted by Gasteiger charge is -2.02. The lowest BCUT2D eigenvalue weighted by atomic mass is 10.1. The van der Waals surface area contributed by atoms with Gasteiger partial charge in [-0.25, -0.2) is 0 Å². The first-order valence-corrected chi connectivity index (χ1v) is 6.36. The SMILES string of the molecule is Cn1nnc(CC(=O)c2ccc(Br)cc2Br)n1. The van der Waals surface area contributed by atoms with Crippen LogP contribution in [-0.4, -0.2) is 26.0 Å². The smallest absolute Gasteiger partial charge is 0.182 e. The molecule has 5 nitrogen and oxygen atoms in total. The lowest BCUT2D eigenvalue weighted by molar-refractivity contribution is 0.0990. The molecule has 1 aromatic heterocycles. The first kappa shape index (κ1) is 12.4. The molecule has 0 atom stereocenters. The molecule has 0 radical (unpaired) electrons. The minimum absolute atomic E-state index is 0.0441. The molecule has 0 spiro atoms. The number of carbonyl (C=O) groups excluding carboxylic acids is 1. The molecule has 2 aromatic rings. The second-order valence-corrected chi connectivity index (χ2v) is 5.19. The summed E-state index contributed by atoms with van der Waals surface area (Å²) in [7, 11) is 1.66. The van der Waals surface area contributed by atoms with Crippen LogP contribution in [0.4, 0.5) is 0 Å². The number of tetrazole rings is 1. The Bertz CT molecular complexity index is 567. The third-order valence-electron chi connectivity index (χ3n) is 2.10. The molecule has 0 N–H and O–H groups in total. The summed E-state index contributed by atoms with van der Waals surface area (Å²) < 4.78 is 1.67. The fourth-order valence-electron chi connectivity index (χ4n) is 1.35. The summed E-state index contributed by atoms with van der Waals surface area (Å²) in [6, 6.07) is 5.41. The van der Waals surface area contributed by atoms with E-state index >= 15 is 0 Å². The summed E-state index contributed by atoms with van der Waals surface area (Å²) in [5, 5.41) is 11.4. The van der Waals surface area contributed by atoms with Crippen LogP contribution in [0, 0.1) is 0 Å². The summed E-state index contributed by atoms with van der Waals surface area (Å²) in [5.74, 6) is 0.379. The lowest BCUT2D eigenvalue weighted by Crippen LogP contribution is -2.06. The van der Waals surface area contributed by atoms with Crippen molar-refractivity contribution in [2.45, 2.75) is 6.42 Å². The molecule has 7 heteroatoms. The van der Waals surface area contributed by atoms with Crippen molar-refractivity contribution in [3.63, 3.8) is 0 Å². The van der Waals surface area contributed by atoms with Gasteiger partial charge in [-0.05, 0) is 23.4 Å². The Hall–Kier alpha value is -1.08. The number of aromatic nitrogens is 4. The zero-order valence-electron chi connectivity index (χ0n) is 8.89. The average molecular weight is 360 g/mol. The molecule has 0 aliphatic carbocycles. The number of aryl methyl sites for hydroxylation is 1. The zero-order chi connectivity index (χ0) is 12.4. The van der Waals surface area contributed by atoms with E-state index in [9.17, 15) is 4.79 Å². The maximum absolute atomic E-state index is 12.0. The first-order chi connectivity index (χ1) is 8.06. The molecule has 17 heavy (non-hydrogen) atoms. The van der Waals surface area contributed by atoms with Crippen molar-refractivity contribution in [2.75, 3.05) is 0 Å². The number of halogens is 2. The third kappa shape index (κ3) is 2.98. The van der Waals surface area contributed by atoms with Gasteiger partial charge in [0.1, 0.15) is 0 Å². The number of carbonyl (C=O) groups is 1. The predicted octanol–water partition coefficient (Wildman–Crippen LogP) is 2.16. The van der Waals surface area contributed by atoms with Gasteiger partial charge < -0.3 is 0 Å². The van der Waals surface area contributed by atoms with Crippen molar-refractivity contribution in [3.05, 3.63) is 38.5 Å². The molecule has 88 valence electrons. The van der Waals surface area contributed by atoms with Gasteiger partial charge in [0.25, 0.3) is 0 Å². The Balaban J connectivity index is 2.20. The maximum Gasteiger partial charge on any atom is 0.182 e. The van der Waals surface area contributed by atoms with Crippen LogP contribution in [0.2, 0.25) is 0 Å². The number of hydrogen-bond donors (Lipinski definition) is 0. The Morgan fingerprint density at radius 2 is 2.18 bits per heavy atom. The van der Waals surface area contributed by atoms with Gasteiger partial charge in [-0.1, -0.05) is 31.9 Å². The van der Waals surface area contributed by atoms with E-state index in [0.717, 1.165) is 8.95 Å². The number of nitrogens with zero attached hydrogens (tertiary/aromatic N) is 4. The zero-order valence-corrected chi connectivity index (χ0v) is 12.1. The van der Waals surface area contributed by atoms with E-state index < -0.39 is 0 Å². The fourth-order valence-corrected chi connectivity index (χ4v) is 2.62. The van der Waals surface area contributed by atoms with Crippen molar-refractivity contribution in [1.82, 2.24) is 20.2 Å². The van der Waals surface area contributed by atoms with Crippen molar-refractivity contribution in [3.8, 4) is 0 Å². The Morgan fingerprint density at radius 1 is 1.41 bits per heavy atom. The average Bonchev–Trinajstić information content (AvgIpc) is 2.63. The summed E-state index contributed by atoms with van der Waals surface area (Å²) in [6.45, 7) is 0. The van der Waals surface area contributed by atoms with Gasteiger partial charge in [0.15, 0.2) is 11.6 Å². The molecule has 1 aromatic carbocycles. The summed E-state index contributed by atoms with van der Waals surface area (Å²) in [6.07, 6.45) is 0.147. The molecule has 0 saturated carbocycles. The molecule has 0 amide bonds. The van der Waals surface area contributed by atoms with Crippen LogP contribution in [0.15, 0.2) is 27.1 Å². The third-order valence-corrected chi connectivity index (χ3v) is 3.25. The van der Waals surface area contributed by atoms with Crippen LogP contribution >= 0.6 is 31.9 Å². The van der Waals surface area contributed by atoms with Gasteiger partial charge in [-0.3, -0.25) is 4.79 Å². The molecular formula is C10H8Br2N4O.